The molecular weight excluding hydrogens is 362 g/mol. The number of hydrogen-bond donors (Lipinski definition) is 0. The molecule has 4 nitrogen and oxygen atoms in total. The maximum atomic E-state index is 12.9. The quantitative estimate of drug-likeness (QED) is 0.484. The molecule has 0 amide bonds. The molecule has 4 rings (SSSR count). The van der Waals surface area contributed by atoms with Crippen LogP contribution in [0.5, 0.6) is 5.75 Å². The fourth-order valence-corrected chi connectivity index (χ4v) is 4.11. The van der Waals surface area contributed by atoms with Crippen molar-refractivity contribution in [1.82, 2.24) is 4.90 Å². The first kappa shape index (κ1) is 19.7. The van der Waals surface area contributed by atoms with Gasteiger partial charge in [-0.1, -0.05) is 44.2 Å². The average Bonchev–Trinajstić information content (AvgIpc) is 3.59. The van der Waals surface area contributed by atoms with E-state index >= 15 is 0 Å². The van der Waals surface area contributed by atoms with Gasteiger partial charge in [0.05, 0.1) is 10.9 Å². The highest BCUT2D eigenvalue weighted by Crippen LogP contribution is 2.30. The predicted molar refractivity (Wildman–Crippen MR) is 118 cm³/mol. The van der Waals surface area contributed by atoms with Crippen LogP contribution in [0.3, 0.4) is 0 Å². The molecule has 1 aromatic heterocycles. The van der Waals surface area contributed by atoms with E-state index in [9.17, 15) is 4.79 Å². The molecule has 0 saturated heterocycles. The minimum atomic E-state index is -0.0161. The molecule has 0 N–H and O–H groups in total. The van der Waals surface area contributed by atoms with Crippen molar-refractivity contribution in [3.8, 4) is 16.9 Å². The van der Waals surface area contributed by atoms with Crippen LogP contribution in [0.25, 0.3) is 22.1 Å². The SMILES string of the molecule is CCC(CC)N(CCOc1ccc2c(=O)c(-c3ccccc3)coc2c1)C1CC1. The molecule has 0 spiro atoms. The summed E-state index contributed by atoms with van der Waals surface area (Å²) in [4.78, 5) is 15.5. The Bertz CT molecular complexity index is 1000. The van der Waals surface area contributed by atoms with Gasteiger partial charge in [0.1, 0.15) is 24.2 Å². The highest BCUT2D eigenvalue weighted by atomic mass is 16.5. The van der Waals surface area contributed by atoms with Gasteiger partial charge in [0.15, 0.2) is 5.43 Å². The van der Waals surface area contributed by atoms with Gasteiger partial charge >= 0.3 is 0 Å². The van der Waals surface area contributed by atoms with Crippen molar-refractivity contribution in [3.05, 3.63) is 65.0 Å². The van der Waals surface area contributed by atoms with Gasteiger partial charge in [-0.25, -0.2) is 0 Å². The van der Waals surface area contributed by atoms with E-state index in [1.165, 1.54) is 25.7 Å². The van der Waals surface area contributed by atoms with Crippen molar-refractivity contribution in [3.63, 3.8) is 0 Å². The van der Waals surface area contributed by atoms with E-state index in [-0.39, 0.29) is 5.43 Å². The molecule has 0 aliphatic heterocycles. The molecule has 1 saturated carbocycles. The zero-order chi connectivity index (χ0) is 20.2. The van der Waals surface area contributed by atoms with Crippen LogP contribution in [0.2, 0.25) is 0 Å². The first-order chi connectivity index (χ1) is 14.2. The molecule has 0 atom stereocenters. The van der Waals surface area contributed by atoms with Crippen LogP contribution in [-0.4, -0.2) is 30.1 Å². The number of fused-ring (bicyclic) bond motifs is 1. The lowest BCUT2D eigenvalue weighted by atomic mass is 10.1. The highest BCUT2D eigenvalue weighted by Gasteiger charge is 2.32. The fourth-order valence-electron chi connectivity index (χ4n) is 4.11. The molecule has 1 aliphatic carbocycles. The van der Waals surface area contributed by atoms with E-state index in [1.54, 1.807) is 6.26 Å². The number of hydrogen-bond acceptors (Lipinski definition) is 4. The molecular formula is C25H29NO3. The lowest BCUT2D eigenvalue weighted by Crippen LogP contribution is -2.39. The maximum absolute atomic E-state index is 12.9. The highest BCUT2D eigenvalue weighted by molar-refractivity contribution is 5.82. The van der Waals surface area contributed by atoms with Gasteiger partial charge in [-0.05, 0) is 43.4 Å². The Balaban J connectivity index is 1.47. The Morgan fingerprint density at radius 2 is 1.86 bits per heavy atom. The van der Waals surface area contributed by atoms with Crippen LogP contribution in [0.15, 0.2) is 64.0 Å². The van der Waals surface area contributed by atoms with E-state index in [4.69, 9.17) is 9.15 Å². The molecule has 2 aromatic carbocycles. The second kappa shape index (κ2) is 8.83. The summed E-state index contributed by atoms with van der Waals surface area (Å²) in [6, 6.07) is 16.5. The van der Waals surface area contributed by atoms with E-state index in [0.29, 0.717) is 29.2 Å². The Morgan fingerprint density at radius 1 is 1.10 bits per heavy atom. The summed E-state index contributed by atoms with van der Waals surface area (Å²) >= 11 is 0. The lowest BCUT2D eigenvalue weighted by molar-refractivity contribution is 0.143. The molecule has 152 valence electrons. The molecule has 29 heavy (non-hydrogen) atoms. The zero-order valence-corrected chi connectivity index (χ0v) is 17.3. The largest absolute Gasteiger partial charge is 0.492 e. The van der Waals surface area contributed by atoms with E-state index in [1.807, 2.05) is 48.5 Å². The van der Waals surface area contributed by atoms with Crippen LogP contribution in [0.4, 0.5) is 0 Å². The van der Waals surface area contributed by atoms with Crippen molar-refractivity contribution < 1.29 is 9.15 Å². The van der Waals surface area contributed by atoms with Gasteiger partial charge in [0.2, 0.25) is 0 Å². The summed E-state index contributed by atoms with van der Waals surface area (Å²) in [6.07, 6.45) is 6.52. The first-order valence-corrected chi connectivity index (χ1v) is 10.7. The van der Waals surface area contributed by atoms with Gasteiger partial charge in [0.25, 0.3) is 0 Å². The number of benzene rings is 2. The van der Waals surface area contributed by atoms with Crippen LogP contribution < -0.4 is 10.2 Å². The minimum absolute atomic E-state index is 0.0161. The standard InChI is InChI=1S/C25H29NO3/c1-3-19(4-2)26(20-10-11-20)14-15-28-21-12-13-22-24(16-21)29-17-23(25(22)27)18-8-6-5-7-9-18/h5-9,12-13,16-17,19-20H,3-4,10-11,14-15H2,1-2H3. The summed E-state index contributed by atoms with van der Waals surface area (Å²) in [5.41, 5.74) is 1.99. The second-order valence-electron chi connectivity index (χ2n) is 7.79. The van der Waals surface area contributed by atoms with E-state index < -0.39 is 0 Å². The van der Waals surface area contributed by atoms with Gasteiger partial charge in [-0.2, -0.15) is 0 Å². The second-order valence-corrected chi connectivity index (χ2v) is 7.79. The molecule has 0 unspecified atom stereocenters. The summed E-state index contributed by atoms with van der Waals surface area (Å²) < 4.78 is 11.8. The summed E-state index contributed by atoms with van der Waals surface area (Å²) in [5, 5.41) is 0.579. The van der Waals surface area contributed by atoms with Gasteiger partial charge in [-0.15, -0.1) is 0 Å². The Labute approximate surface area is 172 Å². The van der Waals surface area contributed by atoms with Crippen molar-refractivity contribution >= 4 is 11.0 Å². The average molecular weight is 392 g/mol. The van der Waals surface area contributed by atoms with E-state index in [0.717, 1.165) is 23.9 Å². The van der Waals surface area contributed by atoms with Crippen LogP contribution in [0, 0.1) is 0 Å². The van der Waals surface area contributed by atoms with Gasteiger partial charge < -0.3 is 9.15 Å². The normalized spacial score (nSPS) is 14.1. The molecule has 1 aliphatic rings. The van der Waals surface area contributed by atoms with Crippen molar-refractivity contribution in [1.29, 1.82) is 0 Å². The number of rotatable bonds is 9. The molecule has 0 bridgehead atoms. The third-order valence-corrected chi connectivity index (χ3v) is 5.88. The van der Waals surface area contributed by atoms with Crippen molar-refractivity contribution in [2.45, 2.75) is 51.6 Å². The Hall–Kier alpha value is -2.59. The molecule has 4 heteroatoms. The minimum Gasteiger partial charge on any atom is -0.492 e. The molecule has 1 heterocycles. The topological polar surface area (TPSA) is 42.7 Å². The van der Waals surface area contributed by atoms with Crippen molar-refractivity contribution in [2.24, 2.45) is 0 Å². The summed E-state index contributed by atoms with van der Waals surface area (Å²) in [5.74, 6) is 0.744. The number of nitrogens with zero attached hydrogens (tertiary/aromatic N) is 1. The van der Waals surface area contributed by atoms with Crippen LogP contribution in [-0.2, 0) is 0 Å². The third-order valence-electron chi connectivity index (χ3n) is 5.88. The fraction of sp³-hybridized carbons (Fsp3) is 0.400. The van der Waals surface area contributed by atoms with Crippen LogP contribution in [0.1, 0.15) is 39.5 Å². The summed E-state index contributed by atoms with van der Waals surface area (Å²) in [6.45, 7) is 6.11. The third kappa shape index (κ3) is 4.38. The smallest absolute Gasteiger partial charge is 0.200 e. The van der Waals surface area contributed by atoms with Crippen molar-refractivity contribution in [2.75, 3.05) is 13.2 Å². The van der Waals surface area contributed by atoms with Crippen LogP contribution >= 0.6 is 0 Å². The Morgan fingerprint density at radius 3 is 2.55 bits per heavy atom. The molecule has 3 aromatic rings. The maximum Gasteiger partial charge on any atom is 0.200 e. The van der Waals surface area contributed by atoms with Gasteiger partial charge in [-0.3, -0.25) is 9.69 Å². The molecule has 0 radical (unpaired) electrons. The van der Waals surface area contributed by atoms with Gasteiger partial charge in [0, 0.05) is 24.7 Å². The predicted octanol–water partition coefficient (Wildman–Crippen LogP) is 5.49. The lowest BCUT2D eigenvalue weighted by Gasteiger charge is -2.30. The summed E-state index contributed by atoms with van der Waals surface area (Å²) in [7, 11) is 0. The monoisotopic (exact) mass is 391 g/mol. The first-order valence-electron chi connectivity index (χ1n) is 10.7. The molecule has 1 fully saturated rings. The Kier molecular flexibility index (Phi) is 6.00. The zero-order valence-electron chi connectivity index (χ0n) is 17.3. The van der Waals surface area contributed by atoms with E-state index in [2.05, 4.69) is 18.7 Å². The number of ether oxygens (including phenoxy) is 1.